The number of hydrogen-bond acceptors (Lipinski definition) is 3. The van der Waals surface area contributed by atoms with Gasteiger partial charge in [-0.3, -0.25) is 0 Å². The minimum Gasteiger partial charge on any atom is -0.376 e. The summed E-state index contributed by atoms with van der Waals surface area (Å²) in [5.74, 6) is 0.810. The van der Waals surface area contributed by atoms with Crippen LogP contribution in [0.1, 0.15) is 12.8 Å². The molecule has 0 aromatic rings. The van der Waals surface area contributed by atoms with Gasteiger partial charge in [-0.2, -0.15) is 0 Å². The van der Waals surface area contributed by atoms with Crippen molar-refractivity contribution < 1.29 is 14.2 Å². The Morgan fingerprint density at radius 3 is 2.36 bits per heavy atom. The van der Waals surface area contributed by atoms with Gasteiger partial charge in [0, 0.05) is 20.8 Å². The molecular formula is C8H16O3. The van der Waals surface area contributed by atoms with E-state index in [-0.39, 0.29) is 6.29 Å². The third-order valence-electron chi connectivity index (χ3n) is 1.83. The SMILES string of the molecule is COC(COCC1CC1)OC. The predicted octanol–water partition coefficient (Wildman–Crippen LogP) is 1.03. The average molecular weight is 160 g/mol. The lowest BCUT2D eigenvalue weighted by atomic mass is 10.5. The molecule has 0 aromatic heterocycles. The molecule has 0 radical (unpaired) electrons. The maximum absolute atomic E-state index is 5.35. The van der Waals surface area contributed by atoms with E-state index in [9.17, 15) is 0 Å². The molecule has 11 heavy (non-hydrogen) atoms. The van der Waals surface area contributed by atoms with E-state index in [1.165, 1.54) is 12.8 Å². The fraction of sp³-hybridized carbons (Fsp3) is 1.00. The Hall–Kier alpha value is -0.120. The van der Waals surface area contributed by atoms with E-state index in [1.807, 2.05) is 0 Å². The summed E-state index contributed by atoms with van der Waals surface area (Å²) in [7, 11) is 3.24. The first kappa shape index (κ1) is 8.97. The Bertz CT molecular complexity index is 97.5. The molecule has 0 aromatic carbocycles. The van der Waals surface area contributed by atoms with Gasteiger partial charge in [0.15, 0.2) is 6.29 Å². The van der Waals surface area contributed by atoms with Gasteiger partial charge in [0.25, 0.3) is 0 Å². The first-order valence-electron chi connectivity index (χ1n) is 4.00. The molecule has 0 spiro atoms. The summed E-state index contributed by atoms with van der Waals surface area (Å²) in [5, 5.41) is 0. The summed E-state index contributed by atoms with van der Waals surface area (Å²) >= 11 is 0. The van der Waals surface area contributed by atoms with Crippen LogP contribution in [0.5, 0.6) is 0 Å². The van der Waals surface area contributed by atoms with E-state index in [0.717, 1.165) is 12.5 Å². The van der Waals surface area contributed by atoms with Crippen molar-refractivity contribution in [3.8, 4) is 0 Å². The summed E-state index contributed by atoms with van der Waals surface area (Å²) in [4.78, 5) is 0. The van der Waals surface area contributed by atoms with E-state index in [0.29, 0.717) is 6.61 Å². The zero-order valence-corrected chi connectivity index (χ0v) is 7.21. The molecule has 3 heteroatoms. The smallest absolute Gasteiger partial charge is 0.180 e. The lowest BCUT2D eigenvalue weighted by Gasteiger charge is -2.12. The van der Waals surface area contributed by atoms with Crippen molar-refractivity contribution in [1.29, 1.82) is 0 Å². The van der Waals surface area contributed by atoms with Crippen LogP contribution in [0.25, 0.3) is 0 Å². The van der Waals surface area contributed by atoms with Gasteiger partial charge in [-0.15, -0.1) is 0 Å². The minimum atomic E-state index is -0.200. The highest BCUT2D eigenvalue weighted by Gasteiger charge is 2.21. The van der Waals surface area contributed by atoms with Crippen LogP contribution in [0.4, 0.5) is 0 Å². The first-order chi connectivity index (χ1) is 5.36. The van der Waals surface area contributed by atoms with Crippen LogP contribution in [-0.2, 0) is 14.2 Å². The molecule has 0 heterocycles. The van der Waals surface area contributed by atoms with Gasteiger partial charge in [-0.1, -0.05) is 0 Å². The molecule has 0 N–H and O–H groups in total. The number of rotatable bonds is 6. The molecule has 0 bridgehead atoms. The van der Waals surface area contributed by atoms with E-state index < -0.39 is 0 Å². The van der Waals surface area contributed by atoms with Crippen LogP contribution in [0.2, 0.25) is 0 Å². The Morgan fingerprint density at radius 2 is 1.91 bits per heavy atom. The topological polar surface area (TPSA) is 27.7 Å². The fourth-order valence-corrected chi connectivity index (χ4v) is 0.848. The number of methoxy groups -OCH3 is 2. The van der Waals surface area contributed by atoms with Gasteiger partial charge in [0.2, 0.25) is 0 Å². The maximum atomic E-state index is 5.35. The fourth-order valence-electron chi connectivity index (χ4n) is 0.848. The Kier molecular flexibility index (Phi) is 3.83. The second-order valence-electron chi connectivity index (χ2n) is 2.88. The van der Waals surface area contributed by atoms with Crippen molar-refractivity contribution in [3.63, 3.8) is 0 Å². The third kappa shape index (κ3) is 3.70. The Labute approximate surface area is 67.6 Å². The average Bonchev–Trinajstić information content (AvgIpc) is 2.82. The second-order valence-corrected chi connectivity index (χ2v) is 2.88. The molecule has 1 rings (SSSR count). The van der Waals surface area contributed by atoms with Crippen LogP contribution < -0.4 is 0 Å². The molecule has 3 nitrogen and oxygen atoms in total. The highest BCUT2D eigenvalue weighted by atomic mass is 16.7. The third-order valence-corrected chi connectivity index (χ3v) is 1.83. The quantitative estimate of drug-likeness (QED) is 0.543. The van der Waals surface area contributed by atoms with Crippen molar-refractivity contribution in [3.05, 3.63) is 0 Å². The largest absolute Gasteiger partial charge is 0.376 e. The van der Waals surface area contributed by atoms with Gasteiger partial charge in [-0.05, 0) is 18.8 Å². The van der Waals surface area contributed by atoms with E-state index in [2.05, 4.69) is 0 Å². The van der Waals surface area contributed by atoms with Gasteiger partial charge in [0.05, 0.1) is 6.61 Å². The minimum absolute atomic E-state index is 0.200. The van der Waals surface area contributed by atoms with E-state index in [1.54, 1.807) is 14.2 Å². The zero-order chi connectivity index (χ0) is 8.10. The van der Waals surface area contributed by atoms with Crippen molar-refractivity contribution in [2.24, 2.45) is 5.92 Å². The molecular weight excluding hydrogens is 144 g/mol. The molecule has 1 aliphatic carbocycles. The number of ether oxygens (including phenoxy) is 3. The molecule has 0 atom stereocenters. The van der Waals surface area contributed by atoms with Crippen molar-refractivity contribution in [2.75, 3.05) is 27.4 Å². The normalized spacial score (nSPS) is 17.7. The molecule has 1 aliphatic rings. The highest BCUT2D eigenvalue weighted by molar-refractivity contribution is 4.71. The summed E-state index contributed by atoms with van der Waals surface area (Å²) < 4.78 is 15.3. The Morgan fingerprint density at radius 1 is 1.27 bits per heavy atom. The van der Waals surface area contributed by atoms with E-state index in [4.69, 9.17) is 14.2 Å². The summed E-state index contributed by atoms with van der Waals surface area (Å²) in [6, 6.07) is 0. The lowest BCUT2D eigenvalue weighted by molar-refractivity contribution is -0.141. The Balaban J connectivity index is 1.90. The summed E-state index contributed by atoms with van der Waals surface area (Å²) in [6.45, 7) is 1.41. The highest BCUT2D eigenvalue weighted by Crippen LogP contribution is 2.28. The summed E-state index contributed by atoms with van der Waals surface area (Å²) in [5.41, 5.74) is 0. The predicted molar refractivity (Wildman–Crippen MR) is 41.3 cm³/mol. The monoisotopic (exact) mass is 160 g/mol. The first-order valence-corrected chi connectivity index (χ1v) is 4.00. The molecule has 0 aliphatic heterocycles. The molecule has 1 fully saturated rings. The summed E-state index contributed by atoms with van der Waals surface area (Å²) in [6.07, 6.45) is 2.45. The zero-order valence-electron chi connectivity index (χ0n) is 7.21. The molecule has 0 unspecified atom stereocenters. The van der Waals surface area contributed by atoms with Crippen molar-refractivity contribution >= 4 is 0 Å². The molecule has 0 saturated heterocycles. The standard InChI is InChI=1S/C8H16O3/c1-9-8(10-2)6-11-5-7-3-4-7/h7-8H,3-6H2,1-2H3. The van der Waals surface area contributed by atoms with Gasteiger partial charge in [-0.25, -0.2) is 0 Å². The second kappa shape index (κ2) is 4.70. The molecule has 0 amide bonds. The van der Waals surface area contributed by atoms with Crippen LogP contribution in [0, 0.1) is 5.92 Å². The van der Waals surface area contributed by atoms with Gasteiger partial charge >= 0.3 is 0 Å². The lowest BCUT2D eigenvalue weighted by Crippen LogP contribution is -2.20. The maximum Gasteiger partial charge on any atom is 0.180 e. The molecule has 1 saturated carbocycles. The van der Waals surface area contributed by atoms with Crippen LogP contribution in [0.3, 0.4) is 0 Å². The van der Waals surface area contributed by atoms with E-state index >= 15 is 0 Å². The van der Waals surface area contributed by atoms with Crippen molar-refractivity contribution in [1.82, 2.24) is 0 Å². The van der Waals surface area contributed by atoms with Crippen LogP contribution >= 0.6 is 0 Å². The van der Waals surface area contributed by atoms with Crippen molar-refractivity contribution in [2.45, 2.75) is 19.1 Å². The number of hydrogen-bond donors (Lipinski definition) is 0. The van der Waals surface area contributed by atoms with Crippen LogP contribution in [0.15, 0.2) is 0 Å². The van der Waals surface area contributed by atoms with Crippen LogP contribution in [-0.4, -0.2) is 33.7 Å². The molecule has 66 valence electrons. The van der Waals surface area contributed by atoms with Gasteiger partial charge in [0.1, 0.15) is 0 Å². The van der Waals surface area contributed by atoms with Gasteiger partial charge < -0.3 is 14.2 Å².